The molecule has 0 saturated heterocycles. The summed E-state index contributed by atoms with van der Waals surface area (Å²) < 4.78 is 0. The lowest BCUT2D eigenvalue weighted by Crippen LogP contribution is -2.53. The smallest absolute Gasteiger partial charge is 0.0845 e. The quantitative estimate of drug-likeness (QED) is 0.565. The summed E-state index contributed by atoms with van der Waals surface area (Å²) in [4.78, 5) is 0. The predicted molar refractivity (Wildman–Crippen MR) is 50.2 cm³/mol. The normalized spacial score (nSPS) is 36.8. The molecule has 12 heavy (non-hydrogen) atoms. The van der Waals surface area contributed by atoms with Crippen molar-refractivity contribution in [1.29, 1.82) is 0 Å². The van der Waals surface area contributed by atoms with Crippen LogP contribution in [0.4, 0.5) is 0 Å². The number of likely N-dealkylation sites (N-methyl/N-ethyl adjacent to an activating group) is 2. The molecule has 3 atom stereocenters. The van der Waals surface area contributed by atoms with E-state index in [1.807, 2.05) is 7.05 Å². The standard InChI is InChI=1S/C9H20N2O/c1-3-11-8-6-4-5-7(10-2)9(8)12/h7-12H,3-6H2,1-2H3/t7-,8-,9+/m0/s1. The fourth-order valence-corrected chi connectivity index (χ4v) is 1.98. The Labute approximate surface area is 74.5 Å². The molecule has 0 aromatic heterocycles. The van der Waals surface area contributed by atoms with E-state index in [9.17, 15) is 5.11 Å². The Morgan fingerprint density at radius 1 is 1.33 bits per heavy atom. The van der Waals surface area contributed by atoms with Crippen LogP contribution in [0.3, 0.4) is 0 Å². The molecule has 0 bridgehead atoms. The van der Waals surface area contributed by atoms with Crippen molar-refractivity contribution in [3.8, 4) is 0 Å². The molecule has 1 rings (SSSR count). The molecule has 72 valence electrons. The Kier molecular flexibility index (Phi) is 3.98. The number of hydrogen-bond acceptors (Lipinski definition) is 3. The van der Waals surface area contributed by atoms with Crippen molar-refractivity contribution in [2.24, 2.45) is 0 Å². The van der Waals surface area contributed by atoms with Gasteiger partial charge < -0.3 is 15.7 Å². The van der Waals surface area contributed by atoms with Crippen molar-refractivity contribution in [1.82, 2.24) is 10.6 Å². The van der Waals surface area contributed by atoms with Gasteiger partial charge in [-0.3, -0.25) is 0 Å². The third kappa shape index (κ3) is 2.19. The number of nitrogens with one attached hydrogen (secondary N) is 2. The largest absolute Gasteiger partial charge is 0.390 e. The second-order valence-electron chi connectivity index (χ2n) is 3.48. The molecular formula is C9H20N2O. The highest BCUT2D eigenvalue weighted by molar-refractivity contribution is 4.89. The highest BCUT2D eigenvalue weighted by Crippen LogP contribution is 2.18. The average molecular weight is 172 g/mol. The lowest BCUT2D eigenvalue weighted by Gasteiger charge is -2.34. The molecule has 1 aliphatic rings. The summed E-state index contributed by atoms with van der Waals surface area (Å²) in [5.41, 5.74) is 0. The maximum absolute atomic E-state index is 9.83. The van der Waals surface area contributed by atoms with Gasteiger partial charge in [-0.1, -0.05) is 13.3 Å². The predicted octanol–water partition coefficient (Wildman–Crippen LogP) is 0.0973. The van der Waals surface area contributed by atoms with Crippen LogP contribution in [0.25, 0.3) is 0 Å². The van der Waals surface area contributed by atoms with Crippen molar-refractivity contribution < 1.29 is 5.11 Å². The lowest BCUT2D eigenvalue weighted by molar-refractivity contribution is 0.0612. The molecule has 1 fully saturated rings. The Bertz CT molecular complexity index is 128. The molecule has 0 aromatic carbocycles. The highest BCUT2D eigenvalue weighted by atomic mass is 16.3. The third-order valence-electron chi connectivity index (χ3n) is 2.69. The van der Waals surface area contributed by atoms with E-state index in [0.29, 0.717) is 6.04 Å². The van der Waals surface area contributed by atoms with Gasteiger partial charge >= 0.3 is 0 Å². The van der Waals surface area contributed by atoms with Crippen LogP contribution in [0.1, 0.15) is 26.2 Å². The molecule has 0 radical (unpaired) electrons. The van der Waals surface area contributed by atoms with Crippen LogP contribution in [0, 0.1) is 0 Å². The summed E-state index contributed by atoms with van der Waals surface area (Å²) in [6.07, 6.45) is 3.19. The van der Waals surface area contributed by atoms with E-state index in [-0.39, 0.29) is 12.1 Å². The van der Waals surface area contributed by atoms with Crippen LogP contribution < -0.4 is 10.6 Å². The number of aliphatic hydroxyl groups is 1. The van der Waals surface area contributed by atoms with E-state index in [2.05, 4.69) is 17.6 Å². The monoisotopic (exact) mass is 172 g/mol. The first-order valence-electron chi connectivity index (χ1n) is 4.88. The molecule has 1 saturated carbocycles. The van der Waals surface area contributed by atoms with E-state index in [1.54, 1.807) is 0 Å². The minimum Gasteiger partial charge on any atom is -0.390 e. The zero-order chi connectivity index (χ0) is 8.97. The zero-order valence-corrected chi connectivity index (χ0v) is 8.01. The van der Waals surface area contributed by atoms with Crippen molar-refractivity contribution in [3.63, 3.8) is 0 Å². The Hall–Kier alpha value is -0.120. The van der Waals surface area contributed by atoms with Crippen LogP contribution in [0.2, 0.25) is 0 Å². The molecule has 3 N–H and O–H groups in total. The summed E-state index contributed by atoms with van der Waals surface area (Å²) in [6.45, 7) is 3.02. The highest BCUT2D eigenvalue weighted by Gasteiger charge is 2.29. The van der Waals surface area contributed by atoms with Gasteiger partial charge in [0.1, 0.15) is 0 Å². The molecule has 3 nitrogen and oxygen atoms in total. The molecule has 0 heterocycles. The van der Waals surface area contributed by atoms with Crippen LogP contribution >= 0.6 is 0 Å². The van der Waals surface area contributed by atoms with E-state index >= 15 is 0 Å². The van der Waals surface area contributed by atoms with Crippen LogP contribution in [-0.4, -0.2) is 36.9 Å². The van der Waals surface area contributed by atoms with Crippen LogP contribution in [0.15, 0.2) is 0 Å². The first-order chi connectivity index (χ1) is 5.79. The SMILES string of the molecule is CCN[C@H]1CCC[C@H](NC)[C@H]1O. The van der Waals surface area contributed by atoms with Crippen molar-refractivity contribution in [2.45, 2.75) is 44.4 Å². The van der Waals surface area contributed by atoms with E-state index in [0.717, 1.165) is 19.4 Å². The molecule has 0 aliphatic heterocycles. The number of hydrogen-bond donors (Lipinski definition) is 3. The fourth-order valence-electron chi connectivity index (χ4n) is 1.98. The fraction of sp³-hybridized carbons (Fsp3) is 1.00. The van der Waals surface area contributed by atoms with Gasteiger partial charge in [0.25, 0.3) is 0 Å². The third-order valence-corrected chi connectivity index (χ3v) is 2.69. The van der Waals surface area contributed by atoms with Gasteiger partial charge in [-0.25, -0.2) is 0 Å². The maximum Gasteiger partial charge on any atom is 0.0845 e. The summed E-state index contributed by atoms with van der Waals surface area (Å²) >= 11 is 0. The minimum atomic E-state index is -0.219. The van der Waals surface area contributed by atoms with E-state index < -0.39 is 0 Å². The molecule has 0 amide bonds. The van der Waals surface area contributed by atoms with Gasteiger partial charge in [0.15, 0.2) is 0 Å². The summed E-state index contributed by atoms with van der Waals surface area (Å²) in [7, 11) is 1.92. The van der Waals surface area contributed by atoms with Crippen LogP contribution in [-0.2, 0) is 0 Å². The Morgan fingerprint density at radius 3 is 2.58 bits per heavy atom. The average Bonchev–Trinajstić information content (AvgIpc) is 2.09. The topological polar surface area (TPSA) is 44.3 Å². The van der Waals surface area contributed by atoms with Crippen LogP contribution in [0.5, 0.6) is 0 Å². The van der Waals surface area contributed by atoms with Crippen molar-refractivity contribution in [2.75, 3.05) is 13.6 Å². The molecule has 1 aliphatic carbocycles. The van der Waals surface area contributed by atoms with Gasteiger partial charge in [0.2, 0.25) is 0 Å². The molecular weight excluding hydrogens is 152 g/mol. The first kappa shape index (κ1) is 9.96. The molecule has 0 spiro atoms. The van der Waals surface area contributed by atoms with E-state index in [4.69, 9.17) is 0 Å². The van der Waals surface area contributed by atoms with Gasteiger partial charge in [-0.2, -0.15) is 0 Å². The number of aliphatic hydroxyl groups excluding tert-OH is 1. The minimum absolute atomic E-state index is 0.219. The van der Waals surface area contributed by atoms with Gasteiger partial charge in [0.05, 0.1) is 6.10 Å². The second kappa shape index (κ2) is 4.80. The van der Waals surface area contributed by atoms with Crippen molar-refractivity contribution in [3.05, 3.63) is 0 Å². The van der Waals surface area contributed by atoms with Gasteiger partial charge in [-0.15, -0.1) is 0 Å². The lowest BCUT2D eigenvalue weighted by atomic mass is 9.88. The zero-order valence-electron chi connectivity index (χ0n) is 8.01. The van der Waals surface area contributed by atoms with Crippen molar-refractivity contribution >= 4 is 0 Å². The van der Waals surface area contributed by atoms with Gasteiger partial charge in [0, 0.05) is 12.1 Å². The molecule has 3 heteroatoms. The molecule has 0 aromatic rings. The number of rotatable bonds is 3. The Balaban J connectivity index is 2.41. The summed E-state index contributed by atoms with van der Waals surface area (Å²) in [5, 5.41) is 16.3. The summed E-state index contributed by atoms with van der Waals surface area (Å²) in [5.74, 6) is 0. The first-order valence-corrected chi connectivity index (χ1v) is 4.88. The summed E-state index contributed by atoms with van der Waals surface area (Å²) in [6, 6.07) is 0.573. The van der Waals surface area contributed by atoms with E-state index in [1.165, 1.54) is 6.42 Å². The maximum atomic E-state index is 9.83. The Morgan fingerprint density at radius 2 is 2.00 bits per heavy atom. The van der Waals surface area contributed by atoms with Gasteiger partial charge in [-0.05, 0) is 26.4 Å². The second-order valence-corrected chi connectivity index (χ2v) is 3.48. The molecule has 0 unspecified atom stereocenters.